The average molecular weight is 366 g/mol. The first-order valence-electron chi connectivity index (χ1n) is 8.76. The van der Waals surface area contributed by atoms with E-state index in [-0.39, 0.29) is 23.3 Å². The lowest BCUT2D eigenvalue weighted by molar-refractivity contribution is 0.0699. The zero-order chi connectivity index (χ0) is 19.0. The van der Waals surface area contributed by atoms with Crippen LogP contribution >= 0.6 is 0 Å². The molecule has 0 spiro atoms. The van der Waals surface area contributed by atoms with Crippen LogP contribution in [0.15, 0.2) is 48.9 Å². The van der Waals surface area contributed by atoms with Crippen LogP contribution in [-0.2, 0) is 0 Å². The van der Waals surface area contributed by atoms with Crippen LogP contribution in [0.3, 0.4) is 0 Å². The zero-order valence-corrected chi connectivity index (χ0v) is 14.5. The molecule has 1 aliphatic heterocycles. The molecule has 3 aromatic rings. The Hall–Kier alpha value is -3.06. The highest BCUT2D eigenvalue weighted by Crippen LogP contribution is 2.33. The van der Waals surface area contributed by atoms with Gasteiger partial charge in [0.15, 0.2) is 0 Å². The summed E-state index contributed by atoms with van der Waals surface area (Å²) < 4.78 is 13.2. The Morgan fingerprint density at radius 1 is 1.22 bits per heavy atom. The minimum absolute atomic E-state index is 0.122. The molecule has 0 aliphatic carbocycles. The number of aromatic nitrogens is 2. The Labute approximate surface area is 155 Å². The van der Waals surface area contributed by atoms with E-state index in [1.54, 1.807) is 30.5 Å². The van der Waals surface area contributed by atoms with Crippen molar-refractivity contribution >= 4 is 22.6 Å². The average Bonchev–Trinajstić information content (AvgIpc) is 2.68. The maximum Gasteiger partial charge on any atom is 0.337 e. The van der Waals surface area contributed by atoms with Crippen molar-refractivity contribution in [2.75, 3.05) is 18.0 Å². The molecule has 138 valence electrons. The number of carboxylic acid groups (broad SMARTS) is 1. The van der Waals surface area contributed by atoms with Gasteiger partial charge in [0.1, 0.15) is 12.1 Å². The molecule has 1 aromatic heterocycles. The first-order chi connectivity index (χ1) is 13.0. The van der Waals surface area contributed by atoms with Gasteiger partial charge in [-0.05, 0) is 36.2 Å². The third kappa shape index (κ3) is 3.21. The van der Waals surface area contributed by atoms with E-state index in [2.05, 4.69) is 14.9 Å². The number of nitrogens with zero attached hydrogens (tertiary/aromatic N) is 3. The van der Waals surface area contributed by atoms with Gasteiger partial charge in [0.25, 0.3) is 0 Å². The van der Waals surface area contributed by atoms with Crippen LogP contribution in [-0.4, -0.2) is 40.2 Å². The number of carboxylic acids is 1. The highest BCUT2D eigenvalue weighted by atomic mass is 19.1. The van der Waals surface area contributed by atoms with Gasteiger partial charge in [-0.2, -0.15) is 0 Å². The van der Waals surface area contributed by atoms with Gasteiger partial charge in [-0.15, -0.1) is 0 Å². The van der Waals surface area contributed by atoms with Crippen molar-refractivity contribution in [3.8, 4) is 0 Å². The molecule has 0 saturated carbocycles. The largest absolute Gasteiger partial charge is 0.478 e. The number of anilines is 1. The molecule has 0 unspecified atom stereocenters. The topological polar surface area (TPSA) is 92.3 Å². The summed E-state index contributed by atoms with van der Waals surface area (Å²) in [6, 6.07) is 9.75. The third-order valence-corrected chi connectivity index (χ3v) is 5.18. The minimum atomic E-state index is -1.02. The quantitative estimate of drug-likeness (QED) is 0.740. The molecular formula is C20H19FN4O2. The molecule has 2 aromatic carbocycles. The molecule has 2 atom stereocenters. The fourth-order valence-electron chi connectivity index (χ4n) is 3.84. The maximum absolute atomic E-state index is 13.2. The number of hydrogen-bond acceptors (Lipinski definition) is 5. The summed E-state index contributed by atoms with van der Waals surface area (Å²) in [5.74, 6) is -1.12. The van der Waals surface area contributed by atoms with Gasteiger partial charge < -0.3 is 15.7 Å². The van der Waals surface area contributed by atoms with Gasteiger partial charge in [-0.25, -0.2) is 19.2 Å². The van der Waals surface area contributed by atoms with Crippen LogP contribution in [0, 0.1) is 5.82 Å². The number of piperidine rings is 1. The standard InChI is InChI=1S/C20H19FN4O2/c21-13-3-1-12(2-4-13)14-7-8-25(10-17(14)22)18-6-5-15(20(26)27)19-16(18)9-23-11-24-19/h1-6,9,11,14,17H,7-8,10,22H2,(H,26,27)/t14-,17-/m1/s1. The lowest BCUT2D eigenvalue weighted by Crippen LogP contribution is -2.47. The van der Waals surface area contributed by atoms with Crippen LogP contribution in [0.1, 0.15) is 28.3 Å². The fraction of sp³-hybridized carbons (Fsp3) is 0.250. The minimum Gasteiger partial charge on any atom is -0.478 e. The number of halogens is 1. The van der Waals surface area contributed by atoms with Gasteiger partial charge in [-0.1, -0.05) is 12.1 Å². The molecule has 2 heterocycles. The smallest absolute Gasteiger partial charge is 0.337 e. The molecule has 3 N–H and O–H groups in total. The van der Waals surface area contributed by atoms with Gasteiger partial charge in [0.05, 0.1) is 11.1 Å². The van der Waals surface area contributed by atoms with E-state index >= 15 is 0 Å². The molecule has 1 aliphatic rings. The fourth-order valence-corrected chi connectivity index (χ4v) is 3.84. The highest BCUT2D eigenvalue weighted by Gasteiger charge is 2.29. The monoisotopic (exact) mass is 366 g/mol. The number of carbonyl (C=O) groups is 1. The normalized spacial score (nSPS) is 20.0. The van der Waals surface area contributed by atoms with E-state index in [4.69, 9.17) is 5.73 Å². The van der Waals surface area contributed by atoms with Gasteiger partial charge in [0, 0.05) is 42.3 Å². The first kappa shape index (κ1) is 17.4. The summed E-state index contributed by atoms with van der Waals surface area (Å²) in [4.78, 5) is 21.8. The van der Waals surface area contributed by atoms with Gasteiger partial charge in [0.2, 0.25) is 0 Å². The van der Waals surface area contributed by atoms with Crippen LogP contribution in [0.5, 0.6) is 0 Å². The van der Waals surface area contributed by atoms with E-state index in [9.17, 15) is 14.3 Å². The molecule has 1 saturated heterocycles. The second-order valence-corrected chi connectivity index (χ2v) is 6.78. The summed E-state index contributed by atoms with van der Waals surface area (Å²) in [5.41, 5.74) is 8.93. The zero-order valence-electron chi connectivity index (χ0n) is 14.5. The lowest BCUT2D eigenvalue weighted by Gasteiger charge is -2.38. The van der Waals surface area contributed by atoms with Crippen molar-refractivity contribution in [2.24, 2.45) is 5.73 Å². The Kier molecular flexibility index (Phi) is 4.45. The number of benzene rings is 2. The molecule has 0 radical (unpaired) electrons. The van der Waals surface area contributed by atoms with Gasteiger partial charge >= 0.3 is 5.97 Å². The molecule has 0 bridgehead atoms. The summed E-state index contributed by atoms with van der Waals surface area (Å²) in [6.45, 7) is 1.37. The van der Waals surface area contributed by atoms with E-state index in [1.807, 2.05) is 0 Å². The Bertz CT molecular complexity index is 993. The van der Waals surface area contributed by atoms with Crippen LogP contribution in [0.25, 0.3) is 10.9 Å². The summed E-state index contributed by atoms with van der Waals surface area (Å²) in [5, 5.41) is 10.1. The first-order valence-corrected chi connectivity index (χ1v) is 8.76. The second-order valence-electron chi connectivity index (χ2n) is 6.78. The van der Waals surface area contributed by atoms with Crippen LogP contribution < -0.4 is 10.6 Å². The Morgan fingerprint density at radius 3 is 2.70 bits per heavy atom. The highest BCUT2D eigenvalue weighted by molar-refractivity contribution is 6.05. The number of nitrogens with two attached hydrogens (primary N) is 1. The predicted molar refractivity (Wildman–Crippen MR) is 100 cm³/mol. The Balaban J connectivity index is 1.63. The number of fused-ring (bicyclic) bond motifs is 1. The van der Waals surface area contributed by atoms with Crippen molar-refractivity contribution in [1.82, 2.24) is 9.97 Å². The summed E-state index contributed by atoms with van der Waals surface area (Å²) >= 11 is 0. The molecule has 6 nitrogen and oxygen atoms in total. The lowest BCUT2D eigenvalue weighted by atomic mass is 9.85. The van der Waals surface area contributed by atoms with Crippen molar-refractivity contribution < 1.29 is 14.3 Å². The maximum atomic E-state index is 13.2. The van der Waals surface area contributed by atoms with E-state index in [0.29, 0.717) is 17.4 Å². The Morgan fingerprint density at radius 2 is 2.00 bits per heavy atom. The van der Waals surface area contributed by atoms with Crippen LogP contribution in [0.4, 0.5) is 10.1 Å². The molecule has 7 heteroatoms. The molecular weight excluding hydrogens is 347 g/mol. The predicted octanol–water partition coefficient (Wildman–Crippen LogP) is 2.79. The molecule has 1 fully saturated rings. The van der Waals surface area contributed by atoms with E-state index < -0.39 is 5.97 Å². The number of hydrogen-bond donors (Lipinski definition) is 2. The van der Waals surface area contributed by atoms with Crippen LogP contribution in [0.2, 0.25) is 0 Å². The number of rotatable bonds is 3. The van der Waals surface area contributed by atoms with Gasteiger partial charge in [-0.3, -0.25) is 0 Å². The van der Waals surface area contributed by atoms with E-state index in [0.717, 1.165) is 24.2 Å². The molecule has 4 rings (SSSR count). The van der Waals surface area contributed by atoms with E-state index in [1.165, 1.54) is 18.5 Å². The second kappa shape index (κ2) is 6.92. The summed E-state index contributed by atoms with van der Waals surface area (Å²) in [6.07, 6.45) is 3.81. The molecule has 0 amide bonds. The third-order valence-electron chi connectivity index (χ3n) is 5.18. The van der Waals surface area contributed by atoms with Crippen molar-refractivity contribution in [1.29, 1.82) is 0 Å². The van der Waals surface area contributed by atoms with Crippen molar-refractivity contribution in [3.63, 3.8) is 0 Å². The summed E-state index contributed by atoms with van der Waals surface area (Å²) in [7, 11) is 0. The van der Waals surface area contributed by atoms with Crippen molar-refractivity contribution in [3.05, 3.63) is 65.9 Å². The molecule has 27 heavy (non-hydrogen) atoms. The van der Waals surface area contributed by atoms with Crippen molar-refractivity contribution in [2.45, 2.75) is 18.4 Å². The SMILES string of the molecule is N[C@@H]1CN(c2ccc(C(=O)O)c3ncncc23)CC[C@@H]1c1ccc(F)cc1. The number of aromatic carboxylic acids is 1.